The standard InChI is InChI=1S/C18H28N2O/c1-4-5-11-20-12-7-10-16(13-20)18(21)19-17-14(2)8-6-9-15(17)3/h6,8-9,16H,4-5,7,10-13H2,1-3H3,(H,19,21). The minimum atomic E-state index is 0.134. The van der Waals surface area contributed by atoms with Crippen molar-refractivity contribution in [1.82, 2.24) is 4.90 Å². The Hall–Kier alpha value is -1.35. The van der Waals surface area contributed by atoms with E-state index in [4.69, 9.17) is 0 Å². The minimum absolute atomic E-state index is 0.134. The summed E-state index contributed by atoms with van der Waals surface area (Å²) in [5.41, 5.74) is 3.28. The Kier molecular flexibility index (Phi) is 5.80. The molecule has 0 spiro atoms. The first-order chi connectivity index (χ1) is 10.1. The lowest BCUT2D eigenvalue weighted by Gasteiger charge is -2.32. The minimum Gasteiger partial charge on any atom is -0.325 e. The number of carbonyl (C=O) groups is 1. The van der Waals surface area contributed by atoms with Gasteiger partial charge in [0.05, 0.1) is 5.92 Å². The van der Waals surface area contributed by atoms with E-state index in [2.05, 4.69) is 43.1 Å². The number of amides is 1. The summed E-state index contributed by atoms with van der Waals surface area (Å²) in [6.07, 6.45) is 4.59. The van der Waals surface area contributed by atoms with E-state index in [1.165, 1.54) is 12.8 Å². The predicted molar refractivity (Wildman–Crippen MR) is 88.6 cm³/mol. The van der Waals surface area contributed by atoms with Crippen molar-refractivity contribution >= 4 is 11.6 Å². The fourth-order valence-electron chi connectivity index (χ4n) is 3.09. The third-order valence-corrected chi connectivity index (χ3v) is 4.43. The highest BCUT2D eigenvalue weighted by Gasteiger charge is 2.25. The van der Waals surface area contributed by atoms with Gasteiger partial charge in [0.2, 0.25) is 5.91 Å². The number of para-hydroxylation sites is 1. The highest BCUT2D eigenvalue weighted by Crippen LogP contribution is 2.23. The Morgan fingerprint density at radius 3 is 2.71 bits per heavy atom. The maximum absolute atomic E-state index is 12.6. The van der Waals surface area contributed by atoms with E-state index in [0.717, 1.165) is 49.3 Å². The number of rotatable bonds is 5. The van der Waals surface area contributed by atoms with Gasteiger partial charge in [0.25, 0.3) is 0 Å². The molecule has 1 unspecified atom stereocenters. The average Bonchev–Trinajstić information content (AvgIpc) is 2.49. The lowest BCUT2D eigenvalue weighted by molar-refractivity contribution is -0.121. The molecule has 3 nitrogen and oxygen atoms in total. The summed E-state index contributed by atoms with van der Waals surface area (Å²) in [6.45, 7) is 9.51. The molecule has 1 amide bonds. The summed E-state index contributed by atoms with van der Waals surface area (Å²) in [5, 5.41) is 3.16. The molecule has 21 heavy (non-hydrogen) atoms. The Morgan fingerprint density at radius 1 is 1.33 bits per heavy atom. The zero-order chi connectivity index (χ0) is 15.2. The molecule has 1 aromatic carbocycles. The van der Waals surface area contributed by atoms with Gasteiger partial charge >= 0.3 is 0 Å². The molecule has 1 aliphatic heterocycles. The number of carbonyl (C=O) groups excluding carboxylic acids is 1. The van der Waals surface area contributed by atoms with Crippen LogP contribution in [0.1, 0.15) is 43.7 Å². The maximum atomic E-state index is 12.6. The number of aryl methyl sites for hydroxylation is 2. The van der Waals surface area contributed by atoms with Crippen LogP contribution in [0.25, 0.3) is 0 Å². The third-order valence-electron chi connectivity index (χ3n) is 4.43. The van der Waals surface area contributed by atoms with Gasteiger partial charge in [0, 0.05) is 12.2 Å². The molecule has 2 rings (SSSR count). The van der Waals surface area contributed by atoms with E-state index in [1.54, 1.807) is 0 Å². The topological polar surface area (TPSA) is 32.3 Å². The first-order valence-corrected chi connectivity index (χ1v) is 8.21. The fraction of sp³-hybridized carbons (Fsp3) is 0.611. The SMILES string of the molecule is CCCCN1CCCC(C(=O)Nc2c(C)cccc2C)C1. The van der Waals surface area contributed by atoms with E-state index in [-0.39, 0.29) is 11.8 Å². The summed E-state index contributed by atoms with van der Waals surface area (Å²) in [5.74, 6) is 0.322. The van der Waals surface area contributed by atoms with Gasteiger partial charge in [-0.05, 0) is 57.3 Å². The summed E-state index contributed by atoms with van der Waals surface area (Å²) in [7, 11) is 0. The lowest BCUT2D eigenvalue weighted by atomic mass is 9.96. The van der Waals surface area contributed by atoms with Crippen molar-refractivity contribution in [3.05, 3.63) is 29.3 Å². The van der Waals surface area contributed by atoms with Crippen LogP contribution in [0.15, 0.2) is 18.2 Å². The van der Waals surface area contributed by atoms with Gasteiger partial charge in [-0.15, -0.1) is 0 Å². The van der Waals surface area contributed by atoms with Gasteiger partial charge in [-0.1, -0.05) is 31.5 Å². The molecule has 1 N–H and O–H groups in total. The van der Waals surface area contributed by atoms with Crippen molar-refractivity contribution < 1.29 is 4.79 Å². The second kappa shape index (κ2) is 7.60. The van der Waals surface area contributed by atoms with Crippen molar-refractivity contribution in [2.24, 2.45) is 5.92 Å². The molecule has 0 aromatic heterocycles. The average molecular weight is 288 g/mol. The number of likely N-dealkylation sites (tertiary alicyclic amines) is 1. The van der Waals surface area contributed by atoms with Crippen molar-refractivity contribution in [3.63, 3.8) is 0 Å². The van der Waals surface area contributed by atoms with Crippen LogP contribution in [-0.2, 0) is 4.79 Å². The number of hydrogen-bond acceptors (Lipinski definition) is 2. The molecule has 1 atom stereocenters. The fourth-order valence-corrected chi connectivity index (χ4v) is 3.09. The molecule has 0 bridgehead atoms. The van der Waals surface area contributed by atoms with Crippen molar-refractivity contribution in [2.45, 2.75) is 46.5 Å². The quantitative estimate of drug-likeness (QED) is 0.895. The lowest BCUT2D eigenvalue weighted by Crippen LogP contribution is -2.41. The first-order valence-electron chi connectivity index (χ1n) is 8.21. The molecule has 1 heterocycles. The summed E-state index contributed by atoms with van der Waals surface area (Å²) < 4.78 is 0. The molecule has 0 radical (unpaired) electrons. The highest BCUT2D eigenvalue weighted by atomic mass is 16.1. The van der Waals surface area contributed by atoms with Gasteiger partial charge in [0.15, 0.2) is 0 Å². The second-order valence-corrected chi connectivity index (χ2v) is 6.25. The Morgan fingerprint density at radius 2 is 2.05 bits per heavy atom. The Bertz CT molecular complexity index is 464. The van der Waals surface area contributed by atoms with E-state index in [1.807, 2.05) is 6.07 Å². The predicted octanol–water partition coefficient (Wildman–Crippen LogP) is 3.75. The van der Waals surface area contributed by atoms with Crippen LogP contribution in [0.2, 0.25) is 0 Å². The van der Waals surface area contributed by atoms with Gasteiger partial charge in [-0.3, -0.25) is 4.79 Å². The van der Waals surface area contributed by atoms with Crippen molar-refractivity contribution in [2.75, 3.05) is 25.0 Å². The zero-order valence-corrected chi connectivity index (χ0v) is 13.6. The summed E-state index contributed by atoms with van der Waals surface area (Å²) in [4.78, 5) is 15.0. The molecule has 1 aliphatic rings. The number of nitrogens with zero attached hydrogens (tertiary/aromatic N) is 1. The molecular weight excluding hydrogens is 260 g/mol. The summed E-state index contributed by atoms with van der Waals surface area (Å²) in [6, 6.07) is 6.14. The van der Waals surface area contributed by atoms with E-state index in [9.17, 15) is 4.79 Å². The second-order valence-electron chi connectivity index (χ2n) is 6.25. The number of nitrogens with one attached hydrogen (secondary N) is 1. The summed E-state index contributed by atoms with van der Waals surface area (Å²) >= 11 is 0. The van der Waals surface area contributed by atoms with Crippen LogP contribution in [0.5, 0.6) is 0 Å². The zero-order valence-electron chi connectivity index (χ0n) is 13.6. The van der Waals surface area contributed by atoms with Crippen LogP contribution in [0, 0.1) is 19.8 Å². The molecule has 1 aromatic rings. The highest BCUT2D eigenvalue weighted by molar-refractivity contribution is 5.94. The molecule has 116 valence electrons. The number of hydrogen-bond donors (Lipinski definition) is 1. The van der Waals surface area contributed by atoms with Crippen LogP contribution >= 0.6 is 0 Å². The number of unbranched alkanes of at least 4 members (excludes halogenated alkanes) is 1. The van der Waals surface area contributed by atoms with E-state index in [0.29, 0.717) is 0 Å². The molecule has 1 saturated heterocycles. The van der Waals surface area contributed by atoms with Gasteiger partial charge in [-0.2, -0.15) is 0 Å². The third kappa shape index (κ3) is 4.31. The molecule has 0 saturated carbocycles. The molecule has 1 fully saturated rings. The van der Waals surface area contributed by atoms with E-state index < -0.39 is 0 Å². The van der Waals surface area contributed by atoms with Gasteiger partial charge in [0.1, 0.15) is 0 Å². The van der Waals surface area contributed by atoms with E-state index >= 15 is 0 Å². The van der Waals surface area contributed by atoms with Crippen LogP contribution < -0.4 is 5.32 Å². The van der Waals surface area contributed by atoms with Crippen molar-refractivity contribution in [1.29, 1.82) is 0 Å². The van der Waals surface area contributed by atoms with Crippen LogP contribution in [0.4, 0.5) is 5.69 Å². The largest absolute Gasteiger partial charge is 0.325 e. The molecular formula is C18H28N2O. The smallest absolute Gasteiger partial charge is 0.228 e. The van der Waals surface area contributed by atoms with Crippen molar-refractivity contribution in [3.8, 4) is 0 Å². The maximum Gasteiger partial charge on any atom is 0.228 e. The number of piperidine rings is 1. The monoisotopic (exact) mass is 288 g/mol. The van der Waals surface area contributed by atoms with Crippen LogP contribution in [-0.4, -0.2) is 30.4 Å². The number of benzene rings is 1. The molecule has 0 aliphatic carbocycles. The van der Waals surface area contributed by atoms with Crippen LogP contribution in [0.3, 0.4) is 0 Å². The van der Waals surface area contributed by atoms with Gasteiger partial charge in [-0.25, -0.2) is 0 Å². The first kappa shape index (κ1) is 16.0. The van der Waals surface area contributed by atoms with Gasteiger partial charge < -0.3 is 10.2 Å². The number of anilines is 1. The Balaban J connectivity index is 1.96. The molecule has 3 heteroatoms. The normalized spacial score (nSPS) is 19.5. The Labute approximate surface area is 128 Å².